The Kier molecular flexibility index (Phi) is 6.28. The van der Waals surface area contributed by atoms with Gasteiger partial charge in [0.05, 0.1) is 0 Å². The Hall–Kier alpha value is -1.11. The van der Waals surface area contributed by atoms with Crippen LogP contribution in [0, 0.1) is 0 Å². The molecule has 2 rings (SSSR count). The lowest BCUT2D eigenvalue weighted by Crippen LogP contribution is -2.49. The van der Waals surface area contributed by atoms with Gasteiger partial charge in [0.15, 0.2) is 0 Å². The third kappa shape index (κ3) is 5.46. The topological polar surface area (TPSA) is 58.6 Å². The normalized spacial score (nSPS) is 18.8. The lowest BCUT2D eigenvalue weighted by atomic mass is 10.0. The SMILES string of the molecule is CN(Cc1cnc(Cl)nc1Cl)[C@@H]1CCCN(C(=O)OC(C)(C)C)C1. The first-order chi connectivity index (χ1) is 11.2. The summed E-state index contributed by atoms with van der Waals surface area (Å²) < 4.78 is 5.47. The van der Waals surface area contributed by atoms with Crippen LogP contribution in [0.3, 0.4) is 0 Å². The molecule has 1 aromatic rings. The van der Waals surface area contributed by atoms with E-state index in [2.05, 4.69) is 14.9 Å². The minimum atomic E-state index is -0.482. The van der Waals surface area contributed by atoms with Crippen LogP contribution in [0.15, 0.2) is 6.20 Å². The molecule has 0 unspecified atom stereocenters. The highest BCUT2D eigenvalue weighted by atomic mass is 35.5. The second-order valence-electron chi connectivity index (χ2n) is 7.09. The fourth-order valence-corrected chi connectivity index (χ4v) is 3.04. The number of likely N-dealkylation sites (N-methyl/N-ethyl adjacent to an activating group) is 1. The van der Waals surface area contributed by atoms with E-state index in [4.69, 9.17) is 27.9 Å². The summed E-state index contributed by atoms with van der Waals surface area (Å²) in [5, 5.41) is 0.502. The van der Waals surface area contributed by atoms with Gasteiger partial charge in [-0.05, 0) is 52.3 Å². The predicted octanol–water partition coefficient (Wildman–Crippen LogP) is 3.61. The molecule has 0 aromatic carbocycles. The van der Waals surface area contributed by atoms with Gasteiger partial charge in [-0.15, -0.1) is 0 Å². The maximum atomic E-state index is 12.3. The van der Waals surface area contributed by atoms with Crippen LogP contribution in [0.1, 0.15) is 39.2 Å². The molecule has 8 heteroatoms. The maximum absolute atomic E-state index is 12.3. The van der Waals surface area contributed by atoms with Crippen LogP contribution >= 0.6 is 23.2 Å². The Morgan fingerprint density at radius 2 is 2.17 bits per heavy atom. The minimum absolute atomic E-state index is 0.139. The molecule has 0 aliphatic carbocycles. The van der Waals surface area contributed by atoms with Crippen LogP contribution in [0.25, 0.3) is 0 Å². The van der Waals surface area contributed by atoms with E-state index in [0.29, 0.717) is 18.2 Å². The number of piperidine rings is 1. The van der Waals surface area contributed by atoms with Crippen molar-refractivity contribution in [3.05, 3.63) is 22.2 Å². The summed E-state index contributed by atoms with van der Waals surface area (Å²) >= 11 is 11.8. The van der Waals surface area contributed by atoms with Crippen molar-refractivity contribution < 1.29 is 9.53 Å². The van der Waals surface area contributed by atoms with E-state index >= 15 is 0 Å². The molecule has 1 atom stereocenters. The van der Waals surface area contributed by atoms with Crippen molar-refractivity contribution in [3.8, 4) is 0 Å². The number of carbonyl (C=O) groups excluding carboxylic acids is 1. The van der Waals surface area contributed by atoms with E-state index in [1.165, 1.54) is 0 Å². The average molecular weight is 375 g/mol. The molecule has 1 aliphatic rings. The van der Waals surface area contributed by atoms with Crippen molar-refractivity contribution >= 4 is 29.3 Å². The number of nitrogens with zero attached hydrogens (tertiary/aromatic N) is 4. The molecule has 1 fully saturated rings. The fourth-order valence-electron chi connectivity index (χ4n) is 2.68. The molecule has 1 saturated heterocycles. The number of hydrogen-bond acceptors (Lipinski definition) is 5. The number of aromatic nitrogens is 2. The summed E-state index contributed by atoms with van der Waals surface area (Å²) in [6.07, 6.45) is 3.34. The number of carbonyl (C=O) groups is 1. The zero-order valence-electron chi connectivity index (χ0n) is 14.6. The number of amides is 1. The van der Waals surface area contributed by atoms with Gasteiger partial charge >= 0.3 is 6.09 Å². The summed E-state index contributed by atoms with van der Waals surface area (Å²) in [5.74, 6) is 0. The lowest BCUT2D eigenvalue weighted by Gasteiger charge is -2.38. The van der Waals surface area contributed by atoms with Gasteiger partial charge in [0.2, 0.25) is 5.28 Å². The van der Waals surface area contributed by atoms with E-state index in [1.54, 1.807) is 11.1 Å². The molecule has 1 aromatic heterocycles. The van der Waals surface area contributed by atoms with E-state index in [1.807, 2.05) is 27.8 Å². The fraction of sp³-hybridized carbons (Fsp3) is 0.688. The second kappa shape index (κ2) is 7.85. The van der Waals surface area contributed by atoms with Crippen molar-refractivity contribution in [1.29, 1.82) is 0 Å². The number of ether oxygens (including phenoxy) is 1. The standard InChI is InChI=1S/C16H24Cl2N4O2/c1-16(2,3)24-15(23)22-7-5-6-12(10-22)21(4)9-11-8-19-14(18)20-13(11)17/h8,12H,5-7,9-10H2,1-4H3/t12-/m1/s1. The van der Waals surface area contributed by atoms with Crippen LogP contribution in [0.5, 0.6) is 0 Å². The third-order valence-corrected chi connectivity index (χ3v) is 4.38. The van der Waals surface area contributed by atoms with Crippen LogP contribution in [0.4, 0.5) is 4.79 Å². The Labute approximate surface area is 153 Å². The van der Waals surface area contributed by atoms with Gasteiger partial charge < -0.3 is 9.64 Å². The molecule has 6 nitrogen and oxygen atoms in total. The van der Waals surface area contributed by atoms with Gasteiger partial charge in [-0.3, -0.25) is 4.90 Å². The largest absolute Gasteiger partial charge is 0.444 e. The van der Waals surface area contributed by atoms with Crippen molar-refractivity contribution in [2.45, 2.75) is 51.8 Å². The first-order valence-corrected chi connectivity index (χ1v) is 8.76. The smallest absolute Gasteiger partial charge is 0.410 e. The van der Waals surface area contributed by atoms with Crippen LogP contribution in [-0.4, -0.2) is 57.6 Å². The molecular weight excluding hydrogens is 351 g/mol. The van der Waals surface area contributed by atoms with Gasteiger partial charge in [0.1, 0.15) is 10.8 Å². The first kappa shape index (κ1) is 19.2. The Morgan fingerprint density at radius 3 is 2.79 bits per heavy atom. The monoisotopic (exact) mass is 374 g/mol. The number of likely N-dealkylation sites (tertiary alicyclic amines) is 1. The molecule has 0 saturated carbocycles. The van der Waals surface area contributed by atoms with Crippen LogP contribution in [-0.2, 0) is 11.3 Å². The average Bonchev–Trinajstić information content (AvgIpc) is 2.48. The summed E-state index contributed by atoms with van der Waals surface area (Å²) in [6.45, 7) is 7.59. The molecule has 2 heterocycles. The van der Waals surface area contributed by atoms with Crippen molar-refractivity contribution in [2.75, 3.05) is 20.1 Å². The molecule has 1 aliphatic heterocycles. The Morgan fingerprint density at radius 1 is 1.46 bits per heavy atom. The molecule has 0 spiro atoms. The molecular formula is C16H24Cl2N4O2. The van der Waals surface area contributed by atoms with Crippen LogP contribution in [0.2, 0.25) is 10.4 Å². The van der Waals surface area contributed by atoms with Crippen molar-refractivity contribution in [3.63, 3.8) is 0 Å². The zero-order chi connectivity index (χ0) is 17.9. The second-order valence-corrected chi connectivity index (χ2v) is 7.79. The van der Waals surface area contributed by atoms with E-state index in [9.17, 15) is 4.79 Å². The molecule has 0 radical (unpaired) electrons. The van der Waals surface area contributed by atoms with E-state index < -0.39 is 5.60 Å². The van der Waals surface area contributed by atoms with Crippen molar-refractivity contribution in [2.24, 2.45) is 0 Å². The van der Waals surface area contributed by atoms with Crippen LogP contribution < -0.4 is 0 Å². The zero-order valence-corrected chi connectivity index (χ0v) is 16.1. The minimum Gasteiger partial charge on any atom is -0.444 e. The highest BCUT2D eigenvalue weighted by Crippen LogP contribution is 2.21. The highest BCUT2D eigenvalue weighted by molar-refractivity contribution is 6.32. The van der Waals surface area contributed by atoms with E-state index in [0.717, 1.165) is 24.9 Å². The third-order valence-electron chi connectivity index (χ3n) is 3.87. The number of hydrogen-bond donors (Lipinski definition) is 0. The molecule has 24 heavy (non-hydrogen) atoms. The maximum Gasteiger partial charge on any atom is 0.410 e. The number of halogens is 2. The van der Waals surface area contributed by atoms with Gasteiger partial charge in [-0.2, -0.15) is 0 Å². The summed E-state index contributed by atoms with van der Waals surface area (Å²) in [6, 6.07) is 0.234. The quantitative estimate of drug-likeness (QED) is 0.597. The lowest BCUT2D eigenvalue weighted by molar-refractivity contribution is 0.0121. The number of rotatable bonds is 3. The molecule has 1 amide bonds. The van der Waals surface area contributed by atoms with Gasteiger partial charge in [0, 0.05) is 37.4 Å². The summed E-state index contributed by atoms with van der Waals surface area (Å²) in [5.41, 5.74) is 0.336. The van der Waals surface area contributed by atoms with Gasteiger partial charge in [0.25, 0.3) is 0 Å². The summed E-state index contributed by atoms with van der Waals surface area (Å²) in [4.78, 5) is 24.1. The Bertz CT molecular complexity index is 592. The molecule has 0 N–H and O–H groups in total. The Balaban J connectivity index is 1.97. The molecule has 0 bridgehead atoms. The van der Waals surface area contributed by atoms with E-state index in [-0.39, 0.29) is 17.4 Å². The molecule has 134 valence electrons. The van der Waals surface area contributed by atoms with Gasteiger partial charge in [-0.1, -0.05) is 11.6 Å². The predicted molar refractivity (Wildman–Crippen MR) is 94.3 cm³/mol. The van der Waals surface area contributed by atoms with Crippen molar-refractivity contribution in [1.82, 2.24) is 19.8 Å². The first-order valence-electron chi connectivity index (χ1n) is 8.01. The summed E-state index contributed by atoms with van der Waals surface area (Å²) in [7, 11) is 2.01. The van der Waals surface area contributed by atoms with Gasteiger partial charge in [-0.25, -0.2) is 14.8 Å². The highest BCUT2D eigenvalue weighted by Gasteiger charge is 2.29.